The zero-order chi connectivity index (χ0) is 14.5. The molecule has 0 radical (unpaired) electrons. The van der Waals surface area contributed by atoms with Crippen molar-refractivity contribution in [2.24, 2.45) is 11.8 Å². The summed E-state index contributed by atoms with van der Waals surface area (Å²) in [7, 11) is 0. The van der Waals surface area contributed by atoms with Gasteiger partial charge in [-0.05, 0) is 24.7 Å². The van der Waals surface area contributed by atoms with Gasteiger partial charge in [-0.1, -0.05) is 27.7 Å². The smallest absolute Gasteiger partial charge is 0.134 e. The molecule has 1 aromatic heterocycles. The molecule has 1 saturated heterocycles. The van der Waals surface area contributed by atoms with Crippen molar-refractivity contribution in [1.29, 1.82) is 0 Å². The van der Waals surface area contributed by atoms with E-state index in [-0.39, 0.29) is 0 Å². The van der Waals surface area contributed by atoms with E-state index in [2.05, 4.69) is 53.5 Å². The van der Waals surface area contributed by atoms with Crippen LogP contribution in [-0.2, 0) is 0 Å². The van der Waals surface area contributed by atoms with Crippen molar-refractivity contribution in [3.8, 4) is 0 Å². The Morgan fingerprint density at radius 1 is 1.05 bits per heavy atom. The Hall–Kier alpha value is -1.32. The molecule has 1 fully saturated rings. The van der Waals surface area contributed by atoms with Crippen LogP contribution in [0.4, 0.5) is 11.6 Å². The lowest BCUT2D eigenvalue weighted by Gasteiger charge is -2.28. The van der Waals surface area contributed by atoms with Gasteiger partial charge in [0, 0.05) is 32.2 Å². The van der Waals surface area contributed by atoms with Gasteiger partial charge in [-0.3, -0.25) is 0 Å². The van der Waals surface area contributed by atoms with Gasteiger partial charge < -0.3 is 9.80 Å². The highest BCUT2D eigenvalue weighted by molar-refractivity contribution is 5.50. The van der Waals surface area contributed by atoms with Crippen molar-refractivity contribution >= 4 is 11.6 Å². The maximum atomic E-state index is 4.51. The molecule has 1 aromatic rings. The highest BCUT2D eigenvalue weighted by atomic mass is 15.2. The van der Waals surface area contributed by atoms with Crippen LogP contribution in [0, 0.1) is 11.8 Å². The summed E-state index contributed by atoms with van der Waals surface area (Å²) in [6.45, 7) is 13.4. The molecule has 2 heterocycles. The second-order valence-electron chi connectivity index (χ2n) is 6.62. The Morgan fingerprint density at radius 3 is 2.20 bits per heavy atom. The van der Waals surface area contributed by atoms with Crippen LogP contribution in [0.2, 0.25) is 0 Å². The van der Waals surface area contributed by atoms with Crippen LogP contribution < -0.4 is 9.80 Å². The van der Waals surface area contributed by atoms with Crippen LogP contribution in [0.25, 0.3) is 0 Å². The summed E-state index contributed by atoms with van der Waals surface area (Å²) in [6.07, 6.45) is 4.28. The quantitative estimate of drug-likeness (QED) is 0.798. The van der Waals surface area contributed by atoms with Gasteiger partial charge in [-0.15, -0.1) is 0 Å². The lowest BCUT2D eigenvalue weighted by Crippen LogP contribution is -2.32. The molecule has 1 aliphatic heterocycles. The molecule has 0 atom stereocenters. The van der Waals surface area contributed by atoms with Crippen molar-refractivity contribution in [1.82, 2.24) is 9.97 Å². The van der Waals surface area contributed by atoms with E-state index in [0.29, 0.717) is 11.8 Å². The average Bonchev–Trinajstić information content (AvgIpc) is 2.91. The summed E-state index contributed by atoms with van der Waals surface area (Å²) < 4.78 is 0. The summed E-state index contributed by atoms with van der Waals surface area (Å²) in [6, 6.07) is 2.16. The van der Waals surface area contributed by atoms with Crippen molar-refractivity contribution in [3.05, 3.63) is 12.4 Å². The van der Waals surface area contributed by atoms with E-state index in [1.54, 1.807) is 6.33 Å². The summed E-state index contributed by atoms with van der Waals surface area (Å²) in [5, 5.41) is 0. The Morgan fingerprint density at radius 2 is 1.65 bits per heavy atom. The maximum absolute atomic E-state index is 4.51. The van der Waals surface area contributed by atoms with E-state index >= 15 is 0 Å². The number of rotatable bonds is 6. The normalized spacial score (nSPS) is 15.4. The predicted octanol–water partition coefficient (Wildman–Crippen LogP) is 3.20. The first-order chi connectivity index (χ1) is 9.56. The summed E-state index contributed by atoms with van der Waals surface area (Å²) >= 11 is 0. The zero-order valence-corrected chi connectivity index (χ0v) is 13.3. The fraction of sp³-hybridized carbons (Fsp3) is 0.750. The van der Waals surface area contributed by atoms with Gasteiger partial charge in [0.15, 0.2) is 0 Å². The molecule has 2 rings (SSSR count). The molecular weight excluding hydrogens is 248 g/mol. The molecule has 0 bridgehead atoms. The Labute approximate surface area is 123 Å². The highest BCUT2D eigenvalue weighted by Gasteiger charge is 2.17. The zero-order valence-electron chi connectivity index (χ0n) is 13.3. The SMILES string of the molecule is CC(C)CN(CC(C)C)c1cc(N2CCCC2)ncn1. The van der Waals surface area contributed by atoms with Crippen LogP contribution in [-0.4, -0.2) is 36.1 Å². The lowest BCUT2D eigenvalue weighted by atomic mass is 10.1. The molecule has 0 saturated carbocycles. The van der Waals surface area contributed by atoms with E-state index in [9.17, 15) is 0 Å². The van der Waals surface area contributed by atoms with Gasteiger partial charge in [0.2, 0.25) is 0 Å². The predicted molar refractivity (Wildman–Crippen MR) is 85.4 cm³/mol. The minimum Gasteiger partial charge on any atom is -0.356 e. The molecule has 0 unspecified atom stereocenters. The number of hydrogen-bond acceptors (Lipinski definition) is 4. The molecule has 0 aliphatic carbocycles. The summed E-state index contributed by atoms with van der Waals surface area (Å²) in [4.78, 5) is 13.7. The standard InChI is InChI=1S/C16H28N4/c1-13(2)10-20(11-14(3)4)16-9-15(17-12-18-16)19-7-5-6-8-19/h9,12-14H,5-8,10-11H2,1-4H3. The van der Waals surface area contributed by atoms with Crippen LogP contribution in [0.3, 0.4) is 0 Å². The molecule has 20 heavy (non-hydrogen) atoms. The van der Waals surface area contributed by atoms with Crippen LogP contribution in [0.5, 0.6) is 0 Å². The Bertz CT molecular complexity index is 401. The van der Waals surface area contributed by atoms with E-state index in [1.165, 1.54) is 12.8 Å². The van der Waals surface area contributed by atoms with Crippen molar-refractivity contribution in [2.75, 3.05) is 36.0 Å². The van der Waals surface area contributed by atoms with Gasteiger partial charge in [0.05, 0.1) is 0 Å². The molecule has 0 aromatic carbocycles. The third-order valence-corrected chi connectivity index (χ3v) is 3.56. The number of aromatic nitrogens is 2. The van der Waals surface area contributed by atoms with E-state index in [0.717, 1.165) is 37.8 Å². The highest BCUT2D eigenvalue weighted by Crippen LogP contribution is 2.22. The number of anilines is 2. The minimum absolute atomic E-state index is 0.638. The first-order valence-corrected chi connectivity index (χ1v) is 7.88. The first-order valence-electron chi connectivity index (χ1n) is 7.88. The third kappa shape index (κ3) is 4.09. The fourth-order valence-corrected chi connectivity index (χ4v) is 2.77. The van der Waals surface area contributed by atoms with E-state index < -0.39 is 0 Å². The fourth-order valence-electron chi connectivity index (χ4n) is 2.77. The number of hydrogen-bond donors (Lipinski definition) is 0. The minimum atomic E-state index is 0.638. The molecule has 0 amide bonds. The molecular formula is C16H28N4. The topological polar surface area (TPSA) is 32.3 Å². The average molecular weight is 276 g/mol. The molecule has 1 aliphatic rings. The molecule has 4 heteroatoms. The second-order valence-corrected chi connectivity index (χ2v) is 6.62. The summed E-state index contributed by atoms with van der Waals surface area (Å²) in [5.41, 5.74) is 0. The van der Waals surface area contributed by atoms with Gasteiger partial charge >= 0.3 is 0 Å². The van der Waals surface area contributed by atoms with Gasteiger partial charge in [0.1, 0.15) is 18.0 Å². The van der Waals surface area contributed by atoms with Crippen LogP contribution >= 0.6 is 0 Å². The lowest BCUT2D eigenvalue weighted by molar-refractivity contribution is 0.548. The monoisotopic (exact) mass is 276 g/mol. The first kappa shape index (κ1) is 15.1. The van der Waals surface area contributed by atoms with Crippen molar-refractivity contribution < 1.29 is 0 Å². The van der Waals surface area contributed by atoms with Crippen molar-refractivity contribution in [3.63, 3.8) is 0 Å². The van der Waals surface area contributed by atoms with Crippen molar-refractivity contribution in [2.45, 2.75) is 40.5 Å². The van der Waals surface area contributed by atoms with Gasteiger partial charge in [0.25, 0.3) is 0 Å². The molecule has 0 spiro atoms. The Balaban J connectivity index is 2.16. The van der Waals surface area contributed by atoms with Crippen LogP contribution in [0.15, 0.2) is 12.4 Å². The van der Waals surface area contributed by atoms with E-state index in [1.807, 2.05) is 0 Å². The number of nitrogens with zero attached hydrogens (tertiary/aromatic N) is 4. The third-order valence-electron chi connectivity index (χ3n) is 3.56. The molecule has 4 nitrogen and oxygen atoms in total. The van der Waals surface area contributed by atoms with E-state index in [4.69, 9.17) is 0 Å². The molecule has 0 N–H and O–H groups in total. The van der Waals surface area contributed by atoms with Gasteiger partial charge in [-0.2, -0.15) is 0 Å². The Kier molecular flexibility index (Phi) is 5.21. The van der Waals surface area contributed by atoms with Crippen LogP contribution in [0.1, 0.15) is 40.5 Å². The maximum Gasteiger partial charge on any atom is 0.134 e. The largest absolute Gasteiger partial charge is 0.356 e. The second kappa shape index (κ2) is 6.91. The molecule has 112 valence electrons. The summed E-state index contributed by atoms with van der Waals surface area (Å²) in [5.74, 6) is 3.44. The van der Waals surface area contributed by atoms with Gasteiger partial charge in [-0.25, -0.2) is 9.97 Å².